The molecule has 1 saturated heterocycles. The number of likely N-dealkylation sites (tertiary alicyclic amines) is 1. The first kappa shape index (κ1) is 26.2. The average Bonchev–Trinajstić information content (AvgIpc) is 3.44. The highest BCUT2D eigenvalue weighted by molar-refractivity contribution is 14.0. The van der Waals surface area contributed by atoms with Crippen LogP contribution in [0, 0.1) is 11.8 Å². The molecule has 1 aliphatic heterocycles. The number of nitrogens with one attached hydrogen (secondary N) is 3. The van der Waals surface area contributed by atoms with Crippen LogP contribution >= 0.6 is 35.3 Å². The fourth-order valence-corrected chi connectivity index (χ4v) is 5.26. The summed E-state index contributed by atoms with van der Waals surface area (Å²) < 4.78 is 5.06. The van der Waals surface area contributed by atoms with Crippen molar-refractivity contribution in [1.82, 2.24) is 20.9 Å². The van der Waals surface area contributed by atoms with Crippen LogP contribution in [0.15, 0.2) is 22.5 Å². The van der Waals surface area contributed by atoms with Gasteiger partial charge < -0.3 is 20.7 Å². The molecule has 1 aromatic heterocycles. The van der Waals surface area contributed by atoms with E-state index >= 15 is 0 Å². The third kappa shape index (κ3) is 8.09. The monoisotopic (exact) mass is 563 g/mol. The first-order valence-electron chi connectivity index (χ1n) is 11.3. The van der Waals surface area contributed by atoms with Crippen molar-refractivity contribution in [1.29, 1.82) is 0 Å². The highest BCUT2D eigenvalue weighted by atomic mass is 127. The van der Waals surface area contributed by atoms with Gasteiger partial charge in [0, 0.05) is 24.0 Å². The minimum atomic E-state index is -0.341. The van der Waals surface area contributed by atoms with Crippen molar-refractivity contribution in [2.45, 2.75) is 51.6 Å². The van der Waals surface area contributed by atoms with Crippen molar-refractivity contribution >= 4 is 47.4 Å². The lowest BCUT2D eigenvalue weighted by atomic mass is 9.88. The third-order valence-corrected chi connectivity index (χ3v) is 6.88. The van der Waals surface area contributed by atoms with E-state index in [1.807, 2.05) is 18.3 Å². The number of nitrogens with zero attached hydrogens (tertiary/aromatic N) is 2. The molecular weight excluding hydrogens is 525 g/mol. The van der Waals surface area contributed by atoms with E-state index in [4.69, 9.17) is 9.73 Å². The summed E-state index contributed by atoms with van der Waals surface area (Å²) in [6.07, 6.45) is 4.40. The van der Waals surface area contributed by atoms with Gasteiger partial charge in [-0.05, 0) is 76.4 Å². The second kappa shape index (κ2) is 13.5. The lowest BCUT2D eigenvalue weighted by Gasteiger charge is -2.39. The van der Waals surface area contributed by atoms with Gasteiger partial charge >= 0.3 is 6.09 Å². The van der Waals surface area contributed by atoms with Crippen LogP contribution in [0.5, 0.6) is 0 Å². The predicted molar refractivity (Wildman–Crippen MR) is 138 cm³/mol. The van der Waals surface area contributed by atoms with Gasteiger partial charge in [0.1, 0.15) is 0 Å². The minimum Gasteiger partial charge on any atom is -0.450 e. The van der Waals surface area contributed by atoms with E-state index in [-0.39, 0.29) is 36.1 Å². The number of rotatable bonds is 9. The van der Waals surface area contributed by atoms with Crippen LogP contribution in [-0.4, -0.2) is 62.8 Å². The molecule has 2 fully saturated rings. The summed E-state index contributed by atoms with van der Waals surface area (Å²) in [5.41, 5.74) is 0. The Balaban J connectivity index is 0.00000341. The second-order valence-electron chi connectivity index (χ2n) is 8.25. The molecule has 1 amide bonds. The fraction of sp³-hybridized carbons (Fsp3) is 0.727. The number of ether oxygens (including phenoxy) is 1. The summed E-state index contributed by atoms with van der Waals surface area (Å²) in [4.78, 5) is 20.6. The number of aliphatic imine (C=N–C) groups is 1. The molecule has 2 heterocycles. The zero-order chi connectivity index (χ0) is 21.3. The van der Waals surface area contributed by atoms with E-state index in [9.17, 15) is 4.79 Å². The van der Waals surface area contributed by atoms with E-state index in [1.165, 1.54) is 17.7 Å². The molecule has 7 nitrogen and oxygen atoms in total. The Labute approximate surface area is 207 Å². The largest absolute Gasteiger partial charge is 0.450 e. The van der Waals surface area contributed by atoms with E-state index in [2.05, 4.69) is 52.3 Å². The maximum Gasteiger partial charge on any atom is 0.407 e. The molecule has 31 heavy (non-hydrogen) atoms. The number of carbonyl (C=O) groups excluding carboxylic acids is 1. The SMILES string of the molecule is CCNC(=NCC(NC(=O)OCC)C1CC1)NCC1CCCN(C)C1c1cccs1.I. The molecule has 176 valence electrons. The van der Waals surface area contributed by atoms with Crippen LogP contribution in [0.25, 0.3) is 0 Å². The Morgan fingerprint density at radius 1 is 1.32 bits per heavy atom. The summed E-state index contributed by atoms with van der Waals surface area (Å²) in [7, 11) is 2.23. The van der Waals surface area contributed by atoms with Crippen LogP contribution < -0.4 is 16.0 Å². The lowest BCUT2D eigenvalue weighted by Crippen LogP contribution is -2.46. The van der Waals surface area contributed by atoms with Crippen molar-refractivity contribution in [3.63, 3.8) is 0 Å². The molecule has 0 spiro atoms. The summed E-state index contributed by atoms with van der Waals surface area (Å²) in [6, 6.07) is 4.90. The Morgan fingerprint density at radius 3 is 2.77 bits per heavy atom. The van der Waals surface area contributed by atoms with Gasteiger partial charge in [-0.2, -0.15) is 0 Å². The first-order chi connectivity index (χ1) is 14.6. The molecule has 3 rings (SSSR count). The van der Waals surface area contributed by atoms with Crippen molar-refractivity contribution in [3.8, 4) is 0 Å². The molecule has 3 unspecified atom stereocenters. The summed E-state index contributed by atoms with van der Waals surface area (Å²) >= 11 is 1.85. The number of hydrogen-bond acceptors (Lipinski definition) is 5. The molecule has 1 aromatic rings. The Morgan fingerprint density at radius 2 is 2.13 bits per heavy atom. The Kier molecular flexibility index (Phi) is 11.4. The number of guanidine groups is 1. The van der Waals surface area contributed by atoms with E-state index < -0.39 is 0 Å². The zero-order valence-corrected chi connectivity index (χ0v) is 22.1. The maximum atomic E-state index is 11.9. The predicted octanol–water partition coefficient (Wildman–Crippen LogP) is 3.83. The minimum absolute atomic E-state index is 0. The van der Waals surface area contributed by atoms with E-state index in [0.29, 0.717) is 31.0 Å². The number of hydrogen-bond donors (Lipinski definition) is 3. The second-order valence-corrected chi connectivity index (χ2v) is 9.23. The normalized spacial score (nSPS) is 22.9. The zero-order valence-electron chi connectivity index (χ0n) is 18.9. The first-order valence-corrected chi connectivity index (χ1v) is 12.2. The van der Waals surface area contributed by atoms with Gasteiger partial charge in [-0.15, -0.1) is 35.3 Å². The fourth-order valence-electron chi connectivity index (χ4n) is 4.28. The van der Waals surface area contributed by atoms with E-state index in [1.54, 1.807) is 0 Å². The van der Waals surface area contributed by atoms with Crippen LogP contribution in [0.1, 0.15) is 50.4 Å². The van der Waals surface area contributed by atoms with Crippen LogP contribution in [-0.2, 0) is 4.74 Å². The highest BCUT2D eigenvalue weighted by Crippen LogP contribution is 2.36. The van der Waals surface area contributed by atoms with Gasteiger partial charge in [-0.25, -0.2) is 4.79 Å². The molecule has 3 N–H and O–H groups in total. The maximum absolute atomic E-state index is 11.9. The van der Waals surface area contributed by atoms with Gasteiger partial charge in [0.25, 0.3) is 0 Å². The molecule has 9 heteroatoms. The molecule has 1 saturated carbocycles. The van der Waals surface area contributed by atoms with Gasteiger partial charge in [-0.1, -0.05) is 6.07 Å². The van der Waals surface area contributed by atoms with Crippen LogP contribution in [0.2, 0.25) is 0 Å². The number of carbonyl (C=O) groups is 1. The molecule has 3 atom stereocenters. The smallest absolute Gasteiger partial charge is 0.407 e. The van der Waals surface area contributed by atoms with Crippen LogP contribution in [0.3, 0.4) is 0 Å². The van der Waals surface area contributed by atoms with Crippen LogP contribution in [0.4, 0.5) is 4.79 Å². The average molecular weight is 564 g/mol. The van der Waals surface area contributed by atoms with Crippen molar-refractivity contribution < 1.29 is 9.53 Å². The third-order valence-electron chi connectivity index (χ3n) is 5.93. The molecule has 0 aromatic carbocycles. The molecular formula is C22H38IN5O2S. The molecule has 1 aliphatic carbocycles. The lowest BCUT2D eigenvalue weighted by molar-refractivity contribution is 0.125. The van der Waals surface area contributed by atoms with Gasteiger partial charge in [0.05, 0.1) is 19.2 Å². The molecule has 2 aliphatic rings. The van der Waals surface area contributed by atoms with Gasteiger partial charge in [0.2, 0.25) is 0 Å². The number of halogens is 1. The number of piperidine rings is 1. The van der Waals surface area contributed by atoms with Gasteiger partial charge in [-0.3, -0.25) is 9.89 Å². The standard InChI is InChI=1S/C22H37N5O2S.HI/c1-4-23-21(25-15-18(16-10-11-16)26-22(28)29-5-2)24-14-17-8-6-12-27(3)20(17)19-9-7-13-30-19;/h7,9,13,16-18,20H,4-6,8,10-12,14-15H2,1-3H3,(H,26,28)(H2,23,24,25);1H. The van der Waals surface area contributed by atoms with Crippen molar-refractivity contribution in [3.05, 3.63) is 22.4 Å². The molecule has 0 radical (unpaired) electrons. The van der Waals surface area contributed by atoms with E-state index in [0.717, 1.165) is 38.4 Å². The summed E-state index contributed by atoms with van der Waals surface area (Å²) in [6.45, 7) is 7.70. The highest BCUT2D eigenvalue weighted by Gasteiger charge is 2.33. The van der Waals surface area contributed by atoms with Crippen molar-refractivity contribution in [2.24, 2.45) is 16.8 Å². The molecule has 0 bridgehead atoms. The number of amides is 1. The Hall–Kier alpha value is -1.07. The summed E-state index contributed by atoms with van der Waals surface area (Å²) in [5.74, 6) is 1.88. The van der Waals surface area contributed by atoms with Gasteiger partial charge in [0.15, 0.2) is 5.96 Å². The quantitative estimate of drug-likeness (QED) is 0.242. The Bertz CT molecular complexity index is 683. The van der Waals surface area contributed by atoms with Crippen molar-refractivity contribution in [2.75, 3.05) is 39.8 Å². The topological polar surface area (TPSA) is 78.0 Å². The number of alkyl carbamates (subject to hydrolysis) is 1. The number of thiophene rings is 1. The summed E-state index contributed by atoms with van der Waals surface area (Å²) in [5, 5.41) is 12.1.